The number of imidazole rings is 1. The highest BCUT2D eigenvalue weighted by Gasteiger charge is 2.07. The highest BCUT2D eigenvalue weighted by molar-refractivity contribution is 5.77. The summed E-state index contributed by atoms with van der Waals surface area (Å²) in [5.41, 5.74) is 10.4. The molecular weight excluding hydrogens is 174 g/mol. The Labute approximate surface area is 83.3 Å². The van der Waals surface area contributed by atoms with Crippen molar-refractivity contribution in [3.63, 3.8) is 0 Å². The zero-order chi connectivity index (χ0) is 10.3. The van der Waals surface area contributed by atoms with Crippen LogP contribution < -0.4 is 5.73 Å². The van der Waals surface area contributed by atoms with Crippen LogP contribution in [0.3, 0.4) is 0 Å². The van der Waals surface area contributed by atoms with Crippen molar-refractivity contribution < 1.29 is 0 Å². The van der Waals surface area contributed by atoms with E-state index < -0.39 is 0 Å². The fraction of sp³-hybridized carbons (Fsp3) is 0.364. The van der Waals surface area contributed by atoms with Crippen LogP contribution >= 0.6 is 0 Å². The van der Waals surface area contributed by atoms with Gasteiger partial charge < -0.3 is 10.7 Å². The molecule has 1 aromatic carbocycles. The van der Waals surface area contributed by atoms with Gasteiger partial charge in [-0.1, -0.05) is 0 Å². The molecule has 1 atom stereocenters. The van der Waals surface area contributed by atoms with Crippen molar-refractivity contribution in [3.8, 4) is 0 Å². The summed E-state index contributed by atoms with van der Waals surface area (Å²) in [5.74, 6) is 0.852. The summed E-state index contributed by atoms with van der Waals surface area (Å²) in [6.45, 7) is 6.12. The minimum absolute atomic E-state index is 0.0389. The second-order valence-electron chi connectivity index (χ2n) is 3.86. The Kier molecular flexibility index (Phi) is 2.04. The highest BCUT2D eigenvalue weighted by Crippen LogP contribution is 2.18. The van der Waals surface area contributed by atoms with Gasteiger partial charge >= 0.3 is 0 Å². The molecule has 2 rings (SSSR count). The standard InChI is InChI=1S/C11H15N3/c1-6-4-9-10(5-7(6)2)14-11(13-9)8(3)12/h4-5,8H,12H2,1-3H3,(H,13,14). The molecule has 0 fully saturated rings. The van der Waals surface area contributed by atoms with Gasteiger partial charge in [0.25, 0.3) is 0 Å². The van der Waals surface area contributed by atoms with Crippen molar-refractivity contribution in [2.75, 3.05) is 0 Å². The van der Waals surface area contributed by atoms with Gasteiger partial charge in [-0.05, 0) is 44.0 Å². The number of aromatic nitrogens is 2. The molecule has 1 unspecified atom stereocenters. The SMILES string of the molecule is Cc1cc2nc(C(C)N)[nH]c2cc1C. The van der Waals surface area contributed by atoms with Crippen molar-refractivity contribution in [1.82, 2.24) is 9.97 Å². The van der Waals surface area contributed by atoms with Crippen LogP contribution in [0.5, 0.6) is 0 Å². The number of aryl methyl sites for hydroxylation is 2. The minimum atomic E-state index is -0.0389. The maximum atomic E-state index is 5.76. The largest absolute Gasteiger partial charge is 0.341 e. The van der Waals surface area contributed by atoms with Gasteiger partial charge in [0.1, 0.15) is 5.82 Å². The summed E-state index contributed by atoms with van der Waals surface area (Å²) in [6.07, 6.45) is 0. The molecule has 3 N–H and O–H groups in total. The number of hydrogen-bond donors (Lipinski definition) is 2. The highest BCUT2D eigenvalue weighted by atomic mass is 15.0. The van der Waals surface area contributed by atoms with Crippen LogP contribution in [0.2, 0.25) is 0 Å². The number of fused-ring (bicyclic) bond motifs is 1. The lowest BCUT2D eigenvalue weighted by Gasteiger charge is -1.97. The molecule has 0 saturated heterocycles. The lowest BCUT2D eigenvalue weighted by Crippen LogP contribution is -2.06. The lowest BCUT2D eigenvalue weighted by molar-refractivity contribution is 0.760. The molecule has 0 aliphatic heterocycles. The molecule has 0 aliphatic carbocycles. The summed E-state index contributed by atoms with van der Waals surface area (Å²) in [6, 6.07) is 4.17. The molecule has 0 saturated carbocycles. The Morgan fingerprint density at radius 2 is 1.93 bits per heavy atom. The van der Waals surface area contributed by atoms with E-state index in [4.69, 9.17) is 5.73 Å². The predicted molar refractivity (Wildman–Crippen MR) is 58.2 cm³/mol. The second kappa shape index (κ2) is 3.10. The van der Waals surface area contributed by atoms with Crippen molar-refractivity contribution in [2.24, 2.45) is 5.73 Å². The van der Waals surface area contributed by atoms with E-state index in [9.17, 15) is 0 Å². The summed E-state index contributed by atoms with van der Waals surface area (Å²) < 4.78 is 0. The van der Waals surface area contributed by atoms with Gasteiger partial charge in [0.2, 0.25) is 0 Å². The number of hydrogen-bond acceptors (Lipinski definition) is 2. The van der Waals surface area contributed by atoms with Gasteiger partial charge in [0.15, 0.2) is 0 Å². The molecule has 0 radical (unpaired) electrons. The summed E-state index contributed by atoms with van der Waals surface area (Å²) in [5, 5.41) is 0. The topological polar surface area (TPSA) is 54.7 Å². The van der Waals surface area contributed by atoms with Gasteiger partial charge in [-0.3, -0.25) is 0 Å². The molecule has 3 heteroatoms. The Hall–Kier alpha value is -1.35. The Morgan fingerprint density at radius 3 is 2.57 bits per heavy atom. The van der Waals surface area contributed by atoms with Crippen LogP contribution in [-0.2, 0) is 0 Å². The van der Waals surface area contributed by atoms with E-state index in [2.05, 4.69) is 35.9 Å². The van der Waals surface area contributed by atoms with Gasteiger partial charge in [-0.15, -0.1) is 0 Å². The molecule has 1 aromatic heterocycles. The van der Waals surface area contributed by atoms with Crippen LogP contribution in [0.4, 0.5) is 0 Å². The molecule has 0 amide bonds. The Morgan fingerprint density at radius 1 is 1.29 bits per heavy atom. The van der Waals surface area contributed by atoms with E-state index in [0.29, 0.717) is 0 Å². The molecule has 14 heavy (non-hydrogen) atoms. The first-order chi connectivity index (χ1) is 6.58. The zero-order valence-electron chi connectivity index (χ0n) is 8.76. The molecule has 2 aromatic rings. The molecule has 0 aliphatic rings. The fourth-order valence-corrected chi connectivity index (χ4v) is 1.50. The first-order valence-electron chi connectivity index (χ1n) is 4.80. The Bertz CT molecular complexity index is 430. The first-order valence-corrected chi connectivity index (χ1v) is 4.80. The van der Waals surface area contributed by atoms with E-state index >= 15 is 0 Å². The molecular formula is C11H15N3. The van der Waals surface area contributed by atoms with E-state index in [-0.39, 0.29) is 6.04 Å². The summed E-state index contributed by atoms with van der Waals surface area (Å²) in [4.78, 5) is 7.66. The minimum Gasteiger partial charge on any atom is -0.341 e. The van der Waals surface area contributed by atoms with Crippen molar-refractivity contribution in [1.29, 1.82) is 0 Å². The zero-order valence-corrected chi connectivity index (χ0v) is 8.76. The third-order valence-electron chi connectivity index (χ3n) is 2.55. The monoisotopic (exact) mass is 189 g/mol. The quantitative estimate of drug-likeness (QED) is 0.722. The molecule has 0 spiro atoms. The van der Waals surface area contributed by atoms with Gasteiger partial charge in [0.05, 0.1) is 17.1 Å². The van der Waals surface area contributed by atoms with Crippen LogP contribution in [0.15, 0.2) is 12.1 Å². The fourth-order valence-electron chi connectivity index (χ4n) is 1.50. The van der Waals surface area contributed by atoms with E-state index in [0.717, 1.165) is 16.9 Å². The van der Waals surface area contributed by atoms with E-state index in [1.165, 1.54) is 11.1 Å². The van der Waals surface area contributed by atoms with Crippen molar-refractivity contribution in [2.45, 2.75) is 26.8 Å². The maximum Gasteiger partial charge on any atom is 0.123 e. The van der Waals surface area contributed by atoms with Crippen LogP contribution in [0.25, 0.3) is 11.0 Å². The van der Waals surface area contributed by atoms with Crippen LogP contribution in [-0.4, -0.2) is 9.97 Å². The normalized spacial score (nSPS) is 13.4. The van der Waals surface area contributed by atoms with Gasteiger partial charge in [-0.2, -0.15) is 0 Å². The van der Waals surface area contributed by atoms with Crippen LogP contribution in [0.1, 0.15) is 29.9 Å². The average molecular weight is 189 g/mol. The molecule has 1 heterocycles. The predicted octanol–water partition coefficient (Wildman–Crippen LogP) is 2.20. The number of H-pyrrole nitrogens is 1. The van der Waals surface area contributed by atoms with E-state index in [1.807, 2.05) is 6.92 Å². The number of aromatic amines is 1. The molecule has 74 valence electrons. The third kappa shape index (κ3) is 1.40. The molecule has 3 nitrogen and oxygen atoms in total. The Balaban J connectivity index is 2.66. The van der Waals surface area contributed by atoms with Gasteiger partial charge in [0, 0.05) is 0 Å². The summed E-state index contributed by atoms with van der Waals surface area (Å²) in [7, 11) is 0. The number of nitrogens with one attached hydrogen (secondary N) is 1. The van der Waals surface area contributed by atoms with Gasteiger partial charge in [-0.25, -0.2) is 4.98 Å². The second-order valence-corrected chi connectivity index (χ2v) is 3.86. The first kappa shape index (κ1) is 9.21. The maximum absolute atomic E-state index is 5.76. The van der Waals surface area contributed by atoms with Crippen molar-refractivity contribution in [3.05, 3.63) is 29.1 Å². The number of nitrogens with zero attached hydrogens (tertiary/aromatic N) is 1. The van der Waals surface area contributed by atoms with Crippen molar-refractivity contribution >= 4 is 11.0 Å². The molecule has 0 bridgehead atoms. The number of benzene rings is 1. The average Bonchev–Trinajstić information content (AvgIpc) is 2.48. The lowest BCUT2D eigenvalue weighted by atomic mass is 10.1. The smallest absolute Gasteiger partial charge is 0.123 e. The third-order valence-corrected chi connectivity index (χ3v) is 2.55. The number of rotatable bonds is 1. The van der Waals surface area contributed by atoms with E-state index in [1.54, 1.807) is 0 Å². The summed E-state index contributed by atoms with van der Waals surface area (Å²) >= 11 is 0. The number of nitrogens with two attached hydrogens (primary N) is 1. The van der Waals surface area contributed by atoms with Crippen LogP contribution in [0, 0.1) is 13.8 Å².